The third-order valence-electron chi connectivity index (χ3n) is 2.70. The number of nitrogen functional groups attached to an aromatic ring is 1. The molecule has 0 bridgehead atoms. The average Bonchev–Trinajstić information content (AvgIpc) is 3.09. The van der Waals surface area contributed by atoms with Crippen molar-refractivity contribution in [2.45, 2.75) is 6.92 Å². The molecule has 102 valence electrons. The average molecular weight is 303 g/mol. The molecule has 0 aliphatic rings. The molecule has 0 unspecified atom stereocenters. The standard InChI is InChI=1S/C14H13N3OS2/c1-2-18-10-5-3-9(4-6-10)13-16-11(7-19-13)12-8-20-14(15)17-12/h3-8H,2H2,1H3,(H2,15,17). The number of hydrogen-bond acceptors (Lipinski definition) is 6. The van der Waals surface area contributed by atoms with Gasteiger partial charge in [0, 0.05) is 16.3 Å². The number of thiazole rings is 2. The Morgan fingerprint density at radius 2 is 1.75 bits per heavy atom. The number of aromatic nitrogens is 2. The van der Waals surface area contributed by atoms with Crippen LogP contribution in [0.15, 0.2) is 35.0 Å². The second-order valence-electron chi connectivity index (χ2n) is 4.07. The highest BCUT2D eigenvalue weighted by Gasteiger charge is 2.09. The van der Waals surface area contributed by atoms with Gasteiger partial charge >= 0.3 is 0 Å². The van der Waals surface area contributed by atoms with Crippen LogP contribution in [0.25, 0.3) is 22.0 Å². The van der Waals surface area contributed by atoms with Crippen LogP contribution >= 0.6 is 22.7 Å². The van der Waals surface area contributed by atoms with Gasteiger partial charge in [-0.1, -0.05) is 0 Å². The van der Waals surface area contributed by atoms with Crippen LogP contribution in [0.1, 0.15) is 6.92 Å². The van der Waals surface area contributed by atoms with Gasteiger partial charge in [0.05, 0.1) is 6.61 Å². The molecule has 1 aromatic carbocycles. The zero-order valence-corrected chi connectivity index (χ0v) is 12.5. The lowest BCUT2D eigenvalue weighted by molar-refractivity contribution is 0.340. The second-order valence-corrected chi connectivity index (χ2v) is 5.81. The molecule has 2 heterocycles. The highest BCUT2D eigenvalue weighted by Crippen LogP contribution is 2.30. The Hall–Kier alpha value is -1.92. The van der Waals surface area contributed by atoms with Gasteiger partial charge in [-0.15, -0.1) is 22.7 Å². The lowest BCUT2D eigenvalue weighted by atomic mass is 10.2. The largest absolute Gasteiger partial charge is 0.494 e. The van der Waals surface area contributed by atoms with Crippen LogP contribution in [0.3, 0.4) is 0 Å². The summed E-state index contributed by atoms with van der Waals surface area (Å²) < 4.78 is 5.43. The number of ether oxygens (including phenoxy) is 1. The fourth-order valence-electron chi connectivity index (χ4n) is 1.79. The first-order valence-corrected chi connectivity index (χ1v) is 7.92. The third-order valence-corrected chi connectivity index (χ3v) is 4.27. The van der Waals surface area contributed by atoms with Gasteiger partial charge in [-0.2, -0.15) is 0 Å². The first-order chi connectivity index (χ1) is 9.76. The van der Waals surface area contributed by atoms with Crippen molar-refractivity contribution in [3.05, 3.63) is 35.0 Å². The Balaban J connectivity index is 1.86. The molecule has 0 atom stereocenters. The third kappa shape index (κ3) is 2.66. The molecule has 6 heteroatoms. The highest BCUT2D eigenvalue weighted by molar-refractivity contribution is 7.14. The predicted octanol–water partition coefficient (Wildman–Crippen LogP) is 3.91. The maximum absolute atomic E-state index is 5.65. The summed E-state index contributed by atoms with van der Waals surface area (Å²) in [6, 6.07) is 7.95. The minimum absolute atomic E-state index is 0.565. The molecule has 0 aliphatic heterocycles. The molecule has 4 nitrogen and oxygen atoms in total. The molecule has 2 aromatic heterocycles. The first kappa shape index (κ1) is 13.1. The van der Waals surface area contributed by atoms with E-state index in [1.54, 1.807) is 11.3 Å². The molecule has 0 amide bonds. The van der Waals surface area contributed by atoms with E-state index in [4.69, 9.17) is 10.5 Å². The fraction of sp³-hybridized carbons (Fsp3) is 0.143. The van der Waals surface area contributed by atoms with Crippen LogP contribution in [-0.4, -0.2) is 16.6 Å². The molecular formula is C14H13N3OS2. The van der Waals surface area contributed by atoms with Gasteiger partial charge < -0.3 is 10.5 Å². The van der Waals surface area contributed by atoms with E-state index in [0.717, 1.165) is 27.7 Å². The highest BCUT2D eigenvalue weighted by atomic mass is 32.1. The second kappa shape index (κ2) is 5.60. The van der Waals surface area contributed by atoms with Gasteiger partial charge in [0.15, 0.2) is 5.13 Å². The predicted molar refractivity (Wildman–Crippen MR) is 84.2 cm³/mol. The van der Waals surface area contributed by atoms with Crippen molar-refractivity contribution in [3.8, 4) is 27.7 Å². The van der Waals surface area contributed by atoms with E-state index < -0.39 is 0 Å². The number of anilines is 1. The van der Waals surface area contributed by atoms with Crippen LogP contribution in [0, 0.1) is 0 Å². The lowest BCUT2D eigenvalue weighted by Gasteiger charge is -2.02. The van der Waals surface area contributed by atoms with E-state index in [2.05, 4.69) is 9.97 Å². The summed E-state index contributed by atoms with van der Waals surface area (Å²) in [5.41, 5.74) is 8.43. The molecule has 0 fully saturated rings. The molecule has 2 N–H and O–H groups in total. The van der Waals surface area contributed by atoms with E-state index in [1.807, 2.05) is 41.9 Å². The fourth-order valence-corrected chi connectivity index (χ4v) is 3.17. The van der Waals surface area contributed by atoms with E-state index in [0.29, 0.717) is 11.7 Å². The molecule has 0 saturated heterocycles. The van der Waals surface area contributed by atoms with Gasteiger partial charge in [-0.3, -0.25) is 0 Å². The van der Waals surface area contributed by atoms with Gasteiger partial charge in [-0.25, -0.2) is 9.97 Å². The molecule has 20 heavy (non-hydrogen) atoms. The number of benzene rings is 1. The number of nitrogens with two attached hydrogens (primary N) is 1. The first-order valence-electron chi connectivity index (χ1n) is 6.16. The maximum Gasteiger partial charge on any atom is 0.180 e. The number of nitrogens with zero attached hydrogens (tertiary/aromatic N) is 2. The van der Waals surface area contributed by atoms with Crippen LogP contribution < -0.4 is 10.5 Å². The molecule has 0 aliphatic carbocycles. The van der Waals surface area contributed by atoms with E-state index in [1.165, 1.54) is 11.3 Å². The van der Waals surface area contributed by atoms with Crippen molar-refractivity contribution in [1.82, 2.24) is 9.97 Å². The van der Waals surface area contributed by atoms with Crippen LogP contribution in [0.5, 0.6) is 5.75 Å². The summed E-state index contributed by atoms with van der Waals surface area (Å²) in [4.78, 5) is 8.85. The smallest absolute Gasteiger partial charge is 0.180 e. The molecule has 3 aromatic rings. The van der Waals surface area contributed by atoms with Crippen molar-refractivity contribution in [3.63, 3.8) is 0 Å². The van der Waals surface area contributed by atoms with Crippen LogP contribution in [-0.2, 0) is 0 Å². The lowest BCUT2D eigenvalue weighted by Crippen LogP contribution is -1.90. The van der Waals surface area contributed by atoms with Crippen LogP contribution in [0.4, 0.5) is 5.13 Å². The van der Waals surface area contributed by atoms with Gasteiger partial charge in [0.25, 0.3) is 0 Å². The van der Waals surface area contributed by atoms with Gasteiger partial charge in [0.2, 0.25) is 0 Å². The molecule has 0 spiro atoms. The summed E-state index contributed by atoms with van der Waals surface area (Å²) in [6.07, 6.45) is 0. The van der Waals surface area contributed by atoms with Crippen molar-refractivity contribution in [2.75, 3.05) is 12.3 Å². The zero-order valence-electron chi connectivity index (χ0n) is 10.9. The monoisotopic (exact) mass is 303 g/mol. The van der Waals surface area contributed by atoms with Gasteiger partial charge in [-0.05, 0) is 31.2 Å². The Labute approximate surface area is 124 Å². The van der Waals surface area contributed by atoms with E-state index in [-0.39, 0.29) is 0 Å². The minimum Gasteiger partial charge on any atom is -0.494 e. The Bertz CT molecular complexity index is 703. The summed E-state index contributed by atoms with van der Waals surface area (Å²) in [5.74, 6) is 0.875. The van der Waals surface area contributed by atoms with E-state index in [9.17, 15) is 0 Å². The maximum atomic E-state index is 5.65. The number of hydrogen-bond donors (Lipinski definition) is 1. The molecule has 0 saturated carbocycles. The Morgan fingerprint density at radius 3 is 2.40 bits per heavy atom. The summed E-state index contributed by atoms with van der Waals surface area (Å²) in [5, 5.41) is 5.46. The Kier molecular flexibility index (Phi) is 3.66. The number of rotatable bonds is 4. The summed E-state index contributed by atoms with van der Waals surface area (Å²) in [7, 11) is 0. The normalized spacial score (nSPS) is 10.7. The minimum atomic E-state index is 0.565. The van der Waals surface area contributed by atoms with Gasteiger partial charge in [0.1, 0.15) is 22.1 Å². The van der Waals surface area contributed by atoms with Crippen molar-refractivity contribution < 1.29 is 4.74 Å². The summed E-state index contributed by atoms with van der Waals surface area (Å²) in [6.45, 7) is 2.65. The summed E-state index contributed by atoms with van der Waals surface area (Å²) >= 11 is 3.02. The van der Waals surface area contributed by atoms with Crippen molar-refractivity contribution in [1.29, 1.82) is 0 Å². The Morgan fingerprint density at radius 1 is 1.05 bits per heavy atom. The topological polar surface area (TPSA) is 61.0 Å². The van der Waals surface area contributed by atoms with Crippen molar-refractivity contribution >= 4 is 27.8 Å². The SMILES string of the molecule is CCOc1ccc(-c2nc(-c3csc(N)n3)cs2)cc1. The quantitative estimate of drug-likeness (QED) is 0.793. The molecule has 3 rings (SSSR count). The zero-order chi connectivity index (χ0) is 13.9. The van der Waals surface area contributed by atoms with Crippen molar-refractivity contribution in [2.24, 2.45) is 0 Å². The molecule has 0 radical (unpaired) electrons. The molecular weight excluding hydrogens is 290 g/mol. The van der Waals surface area contributed by atoms with Crippen LogP contribution in [0.2, 0.25) is 0 Å². The van der Waals surface area contributed by atoms with E-state index >= 15 is 0 Å².